The molecule has 0 spiro atoms. The van der Waals surface area contributed by atoms with Crippen LogP contribution in [0.5, 0.6) is 5.75 Å². The summed E-state index contributed by atoms with van der Waals surface area (Å²) in [5.74, 6) is 0.765. The predicted molar refractivity (Wildman–Crippen MR) is 127 cm³/mol. The number of nitrogens with zero attached hydrogens (tertiary/aromatic N) is 1. The molecule has 0 heterocycles. The molecule has 4 rings (SSSR count). The van der Waals surface area contributed by atoms with E-state index in [0.717, 1.165) is 41.5 Å². The number of aryl methyl sites for hydroxylation is 4. The van der Waals surface area contributed by atoms with Crippen LogP contribution in [0.3, 0.4) is 0 Å². The number of fused-ring (bicyclic) bond motifs is 1. The van der Waals surface area contributed by atoms with Gasteiger partial charge >= 0.3 is 0 Å². The fourth-order valence-corrected chi connectivity index (χ4v) is 3.97. The molecule has 2 nitrogen and oxygen atoms in total. The van der Waals surface area contributed by atoms with Gasteiger partial charge in [0.1, 0.15) is 11.6 Å². The van der Waals surface area contributed by atoms with E-state index in [1.54, 1.807) is 12.1 Å². The van der Waals surface area contributed by atoms with Gasteiger partial charge in [0, 0.05) is 5.39 Å². The highest BCUT2D eigenvalue weighted by Gasteiger charge is 2.09. The molecular formula is C29H26FNO. The molecule has 32 heavy (non-hydrogen) atoms. The summed E-state index contributed by atoms with van der Waals surface area (Å²) in [5.41, 5.74) is 4.94. The van der Waals surface area contributed by atoms with Crippen molar-refractivity contribution >= 4 is 10.8 Å². The van der Waals surface area contributed by atoms with Crippen LogP contribution in [0, 0.1) is 17.1 Å². The van der Waals surface area contributed by atoms with Gasteiger partial charge in [-0.25, -0.2) is 4.39 Å². The van der Waals surface area contributed by atoms with Gasteiger partial charge in [-0.05, 0) is 84.5 Å². The van der Waals surface area contributed by atoms with Crippen LogP contribution in [0.1, 0.15) is 34.7 Å². The third kappa shape index (κ3) is 5.15. The molecule has 3 heteroatoms. The van der Waals surface area contributed by atoms with Crippen LogP contribution in [0.4, 0.5) is 4.39 Å². The average molecular weight is 424 g/mol. The zero-order chi connectivity index (χ0) is 22.3. The Hall–Kier alpha value is -3.64. The maximum Gasteiger partial charge on any atom is 0.134 e. The van der Waals surface area contributed by atoms with Gasteiger partial charge in [0.25, 0.3) is 0 Å². The summed E-state index contributed by atoms with van der Waals surface area (Å²) in [4.78, 5) is 0. The Morgan fingerprint density at radius 3 is 2.06 bits per heavy atom. The number of halogens is 1. The SMILES string of the molecule is CCOc1ccc(CCc2ccc3c(F)c(CCc4ccc(C#N)cc4)ccc3c2)cc1. The first-order chi connectivity index (χ1) is 15.7. The smallest absolute Gasteiger partial charge is 0.134 e. The zero-order valence-corrected chi connectivity index (χ0v) is 18.3. The van der Waals surface area contributed by atoms with Crippen LogP contribution >= 0.6 is 0 Å². The fraction of sp³-hybridized carbons (Fsp3) is 0.207. The Balaban J connectivity index is 1.42. The standard InChI is InChI=1S/C29H26FNO/c1-2-32-27-16-10-22(11-17-27)3-6-23-12-18-28-26(19-23)15-14-25(29(28)30)13-9-21-4-7-24(20-31)8-5-21/h4-5,7-8,10-12,14-19H,2-3,6,9,13H2,1H3. The quantitative estimate of drug-likeness (QED) is 0.311. The normalized spacial score (nSPS) is 10.8. The second kappa shape index (κ2) is 10.1. The first-order valence-corrected chi connectivity index (χ1v) is 11.1. The molecule has 0 N–H and O–H groups in total. The van der Waals surface area contributed by atoms with Crippen molar-refractivity contribution in [3.05, 3.63) is 112 Å². The highest BCUT2D eigenvalue weighted by molar-refractivity contribution is 5.84. The number of hydrogen-bond donors (Lipinski definition) is 0. The van der Waals surface area contributed by atoms with Gasteiger partial charge in [-0.2, -0.15) is 5.26 Å². The van der Waals surface area contributed by atoms with E-state index >= 15 is 4.39 Å². The van der Waals surface area contributed by atoms with Crippen LogP contribution in [0.25, 0.3) is 10.8 Å². The molecule has 4 aromatic carbocycles. The van der Waals surface area contributed by atoms with E-state index in [1.165, 1.54) is 11.1 Å². The minimum Gasteiger partial charge on any atom is -0.494 e. The molecule has 0 atom stereocenters. The molecule has 4 aromatic rings. The van der Waals surface area contributed by atoms with Crippen molar-refractivity contribution in [1.29, 1.82) is 5.26 Å². The first kappa shape index (κ1) is 21.6. The lowest BCUT2D eigenvalue weighted by atomic mass is 9.97. The summed E-state index contributed by atoms with van der Waals surface area (Å²) in [7, 11) is 0. The molecule has 0 saturated heterocycles. The lowest BCUT2D eigenvalue weighted by Gasteiger charge is -2.09. The summed E-state index contributed by atoms with van der Waals surface area (Å²) in [6, 6.07) is 27.8. The Morgan fingerprint density at radius 1 is 0.750 bits per heavy atom. The van der Waals surface area contributed by atoms with Gasteiger partial charge in [-0.3, -0.25) is 0 Å². The highest BCUT2D eigenvalue weighted by Crippen LogP contribution is 2.24. The van der Waals surface area contributed by atoms with Gasteiger partial charge in [0.05, 0.1) is 18.2 Å². The van der Waals surface area contributed by atoms with Crippen molar-refractivity contribution in [2.24, 2.45) is 0 Å². The van der Waals surface area contributed by atoms with Crippen molar-refractivity contribution < 1.29 is 9.13 Å². The van der Waals surface area contributed by atoms with Gasteiger partial charge in [-0.15, -0.1) is 0 Å². The monoisotopic (exact) mass is 423 g/mol. The molecule has 0 aliphatic carbocycles. The van der Waals surface area contributed by atoms with Crippen molar-refractivity contribution in [3.63, 3.8) is 0 Å². The van der Waals surface area contributed by atoms with E-state index in [4.69, 9.17) is 10.00 Å². The van der Waals surface area contributed by atoms with E-state index in [0.29, 0.717) is 24.0 Å². The third-order valence-electron chi connectivity index (χ3n) is 5.80. The second-order valence-corrected chi connectivity index (χ2v) is 7.98. The first-order valence-electron chi connectivity index (χ1n) is 11.1. The van der Waals surface area contributed by atoms with Crippen LogP contribution in [-0.2, 0) is 25.7 Å². The average Bonchev–Trinajstić information content (AvgIpc) is 2.84. The van der Waals surface area contributed by atoms with Crippen molar-refractivity contribution in [3.8, 4) is 11.8 Å². The molecule has 0 saturated carbocycles. The fourth-order valence-electron chi connectivity index (χ4n) is 3.97. The highest BCUT2D eigenvalue weighted by atomic mass is 19.1. The Morgan fingerprint density at radius 2 is 1.38 bits per heavy atom. The molecule has 0 fully saturated rings. The summed E-state index contributed by atoms with van der Waals surface area (Å²) < 4.78 is 20.6. The summed E-state index contributed by atoms with van der Waals surface area (Å²) in [6.07, 6.45) is 3.22. The Labute approximate surface area is 188 Å². The third-order valence-corrected chi connectivity index (χ3v) is 5.80. The van der Waals surface area contributed by atoms with Gasteiger partial charge in [0.15, 0.2) is 0 Å². The van der Waals surface area contributed by atoms with Crippen LogP contribution in [0.2, 0.25) is 0 Å². The van der Waals surface area contributed by atoms with Crippen LogP contribution in [0.15, 0.2) is 78.9 Å². The summed E-state index contributed by atoms with van der Waals surface area (Å²) in [5, 5.41) is 10.5. The van der Waals surface area contributed by atoms with E-state index < -0.39 is 0 Å². The maximum atomic E-state index is 15.1. The second-order valence-electron chi connectivity index (χ2n) is 7.98. The van der Waals surface area contributed by atoms with Crippen molar-refractivity contribution in [1.82, 2.24) is 0 Å². The van der Waals surface area contributed by atoms with Crippen molar-refractivity contribution in [2.45, 2.75) is 32.6 Å². The molecular weight excluding hydrogens is 397 g/mol. The lowest BCUT2D eigenvalue weighted by Crippen LogP contribution is -1.97. The Bertz CT molecular complexity index is 1240. The largest absolute Gasteiger partial charge is 0.494 e. The van der Waals surface area contributed by atoms with Crippen LogP contribution < -0.4 is 4.74 Å². The van der Waals surface area contributed by atoms with E-state index in [9.17, 15) is 0 Å². The number of ether oxygens (including phenoxy) is 1. The van der Waals surface area contributed by atoms with Crippen molar-refractivity contribution in [2.75, 3.05) is 6.61 Å². The predicted octanol–water partition coefficient (Wildman–Crippen LogP) is 6.82. The Kier molecular flexibility index (Phi) is 6.82. The zero-order valence-electron chi connectivity index (χ0n) is 18.3. The molecule has 0 amide bonds. The van der Waals surface area contributed by atoms with Gasteiger partial charge < -0.3 is 4.74 Å². The maximum absolute atomic E-state index is 15.1. The van der Waals surface area contributed by atoms with Gasteiger partial charge in [-0.1, -0.05) is 54.6 Å². The van der Waals surface area contributed by atoms with E-state index in [-0.39, 0.29) is 5.82 Å². The summed E-state index contributed by atoms with van der Waals surface area (Å²) in [6.45, 7) is 2.65. The topological polar surface area (TPSA) is 33.0 Å². The molecule has 0 radical (unpaired) electrons. The molecule has 0 unspecified atom stereocenters. The number of benzene rings is 4. The van der Waals surface area contributed by atoms with E-state index in [2.05, 4.69) is 24.3 Å². The number of nitriles is 1. The van der Waals surface area contributed by atoms with E-state index in [1.807, 2.05) is 55.5 Å². The number of rotatable bonds is 8. The molecule has 0 aromatic heterocycles. The molecule has 0 bridgehead atoms. The summed E-state index contributed by atoms with van der Waals surface area (Å²) >= 11 is 0. The number of hydrogen-bond acceptors (Lipinski definition) is 2. The minimum atomic E-state index is -0.130. The molecule has 0 aliphatic heterocycles. The van der Waals surface area contributed by atoms with Gasteiger partial charge in [0.2, 0.25) is 0 Å². The molecule has 0 aliphatic rings. The minimum absolute atomic E-state index is 0.130. The van der Waals surface area contributed by atoms with Crippen LogP contribution in [-0.4, -0.2) is 6.61 Å². The molecule has 160 valence electrons. The lowest BCUT2D eigenvalue weighted by molar-refractivity contribution is 0.340.